The van der Waals surface area contributed by atoms with Crippen LogP contribution in [0.3, 0.4) is 0 Å². The monoisotopic (exact) mass is 294 g/mol. The van der Waals surface area contributed by atoms with Gasteiger partial charge in [0.1, 0.15) is 6.04 Å². The van der Waals surface area contributed by atoms with Gasteiger partial charge in [-0.2, -0.15) is 0 Å². The summed E-state index contributed by atoms with van der Waals surface area (Å²) < 4.78 is 5.08. The summed E-state index contributed by atoms with van der Waals surface area (Å²) in [4.78, 5) is 23.9. The fourth-order valence-electron chi connectivity index (χ4n) is 1.65. The predicted octanol–water partition coefficient (Wildman–Crippen LogP) is 2.24. The number of carbonyl (C=O) groups excluding carboxylic acids is 1. The van der Waals surface area contributed by atoms with Gasteiger partial charge < -0.3 is 14.9 Å². The summed E-state index contributed by atoms with van der Waals surface area (Å²) in [7, 11) is 0. The van der Waals surface area contributed by atoms with E-state index in [9.17, 15) is 9.59 Å². The van der Waals surface area contributed by atoms with Crippen LogP contribution in [0.1, 0.15) is 24.3 Å². The van der Waals surface area contributed by atoms with Gasteiger partial charge in [-0.05, 0) is 17.4 Å². The molecule has 0 aliphatic heterocycles. The van der Waals surface area contributed by atoms with Crippen molar-refractivity contribution in [3.05, 3.63) is 29.3 Å². The molecule has 20 heavy (non-hydrogen) atoms. The SMILES string of the molecule is CC(C)[C@H](NC(=O)c1cc(-c2cccs2)on1)C(=O)O. The highest BCUT2D eigenvalue weighted by Gasteiger charge is 2.25. The van der Waals surface area contributed by atoms with Crippen LogP contribution in [-0.4, -0.2) is 28.2 Å². The number of amides is 1. The highest BCUT2D eigenvalue weighted by molar-refractivity contribution is 7.13. The number of nitrogens with zero attached hydrogens (tertiary/aromatic N) is 1. The van der Waals surface area contributed by atoms with Gasteiger partial charge in [0.2, 0.25) is 0 Å². The third-order valence-electron chi connectivity index (χ3n) is 2.73. The molecule has 0 aliphatic carbocycles. The number of nitrogens with one attached hydrogen (secondary N) is 1. The van der Waals surface area contributed by atoms with E-state index in [1.807, 2.05) is 17.5 Å². The van der Waals surface area contributed by atoms with Gasteiger partial charge in [0.05, 0.1) is 4.88 Å². The van der Waals surface area contributed by atoms with Crippen LogP contribution in [0.25, 0.3) is 10.6 Å². The van der Waals surface area contributed by atoms with Crippen LogP contribution in [0.2, 0.25) is 0 Å². The molecule has 2 aromatic rings. The fraction of sp³-hybridized carbons (Fsp3) is 0.308. The molecule has 106 valence electrons. The molecule has 6 nitrogen and oxygen atoms in total. The molecule has 2 N–H and O–H groups in total. The van der Waals surface area contributed by atoms with Crippen molar-refractivity contribution < 1.29 is 19.2 Å². The first kappa shape index (κ1) is 14.3. The molecule has 0 saturated heterocycles. The van der Waals surface area contributed by atoms with Gasteiger partial charge in [-0.1, -0.05) is 25.1 Å². The van der Waals surface area contributed by atoms with E-state index in [-0.39, 0.29) is 11.6 Å². The Bertz CT molecular complexity index is 604. The van der Waals surface area contributed by atoms with Crippen LogP contribution in [-0.2, 0) is 4.79 Å². The zero-order valence-corrected chi connectivity index (χ0v) is 11.8. The summed E-state index contributed by atoms with van der Waals surface area (Å²) >= 11 is 1.47. The number of carboxylic acids is 1. The van der Waals surface area contributed by atoms with Crippen molar-refractivity contribution in [1.29, 1.82) is 0 Å². The summed E-state index contributed by atoms with van der Waals surface area (Å²) in [6.45, 7) is 3.44. The summed E-state index contributed by atoms with van der Waals surface area (Å²) in [5.41, 5.74) is 0.0697. The molecule has 0 saturated carbocycles. The lowest BCUT2D eigenvalue weighted by molar-refractivity contribution is -0.140. The van der Waals surface area contributed by atoms with Crippen LogP contribution in [0.4, 0.5) is 0 Å². The topological polar surface area (TPSA) is 92.4 Å². The number of carbonyl (C=O) groups is 2. The van der Waals surface area contributed by atoms with Crippen LogP contribution >= 0.6 is 11.3 Å². The Morgan fingerprint density at radius 3 is 2.75 bits per heavy atom. The van der Waals surface area contributed by atoms with Gasteiger partial charge in [-0.25, -0.2) is 4.79 Å². The molecule has 2 heterocycles. The summed E-state index contributed by atoms with van der Waals surface area (Å²) in [6, 6.07) is 4.26. The number of rotatable bonds is 5. The largest absolute Gasteiger partial charge is 0.480 e. The predicted molar refractivity (Wildman–Crippen MR) is 73.5 cm³/mol. The average molecular weight is 294 g/mol. The highest BCUT2D eigenvalue weighted by Crippen LogP contribution is 2.25. The Balaban J connectivity index is 2.12. The van der Waals surface area contributed by atoms with Crippen molar-refractivity contribution in [1.82, 2.24) is 10.5 Å². The molecule has 0 bridgehead atoms. The molecular weight excluding hydrogens is 280 g/mol. The number of hydrogen-bond acceptors (Lipinski definition) is 5. The van der Waals surface area contributed by atoms with Gasteiger partial charge in [0.25, 0.3) is 5.91 Å². The minimum Gasteiger partial charge on any atom is -0.480 e. The number of hydrogen-bond donors (Lipinski definition) is 2. The van der Waals surface area contributed by atoms with E-state index in [1.54, 1.807) is 13.8 Å². The van der Waals surface area contributed by atoms with Gasteiger partial charge >= 0.3 is 5.97 Å². The highest BCUT2D eigenvalue weighted by atomic mass is 32.1. The number of thiophene rings is 1. The molecule has 2 rings (SSSR count). The van der Waals surface area contributed by atoms with Crippen molar-refractivity contribution in [2.45, 2.75) is 19.9 Å². The average Bonchev–Trinajstić information content (AvgIpc) is 3.04. The molecule has 7 heteroatoms. The van der Waals surface area contributed by atoms with Crippen molar-refractivity contribution in [2.24, 2.45) is 5.92 Å². The maximum absolute atomic E-state index is 12.0. The lowest BCUT2D eigenvalue weighted by atomic mass is 10.0. The summed E-state index contributed by atoms with van der Waals surface area (Å²) in [5.74, 6) is -1.37. The summed E-state index contributed by atoms with van der Waals surface area (Å²) in [6.07, 6.45) is 0. The second kappa shape index (κ2) is 5.87. The minimum absolute atomic E-state index is 0.0697. The van der Waals surface area contributed by atoms with E-state index < -0.39 is 17.9 Å². The minimum atomic E-state index is -1.07. The standard InChI is InChI=1S/C13H14N2O4S/c1-7(2)11(13(17)18)14-12(16)8-6-9(19-15-8)10-4-3-5-20-10/h3-7,11H,1-2H3,(H,14,16)(H,17,18)/t11-/m0/s1. The smallest absolute Gasteiger partial charge is 0.326 e. The number of aliphatic carboxylic acids is 1. The third kappa shape index (κ3) is 3.05. The maximum atomic E-state index is 12.0. The van der Waals surface area contributed by atoms with Crippen LogP contribution in [0, 0.1) is 5.92 Å². The first-order chi connectivity index (χ1) is 9.49. The first-order valence-electron chi connectivity index (χ1n) is 6.03. The Morgan fingerprint density at radius 1 is 1.45 bits per heavy atom. The van der Waals surface area contributed by atoms with E-state index in [0.717, 1.165) is 4.88 Å². The second-order valence-electron chi connectivity index (χ2n) is 4.59. The van der Waals surface area contributed by atoms with E-state index in [2.05, 4.69) is 10.5 Å². The van der Waals surface area contributed by atoms with Gasteiger partial charge in [0, 0.05) is 6.07 Å². The van der Waals surface area contributed by atoms with Crippen molar-refractivity contribution in [3.8, 4) is 10.6 Å². The molecular formula is C13H14N2O4S. The van der Waals surface area contributed by atoms with E-state index in [0.29, 0.717) is 5.76 Å². The maximum Gasteiger partial charge on any atom is 0.326 e. The lowest BCUT2D eigenvalue weighted by Crippen LogP contribution is -2.44. The second-order valence-corrected chi connectivity index (χ2v) is 5.53. The normalized spacial score (nSPS) is 12.3. The molecule has 1 atom stereocenters. The Labute approximate surface area is 119 Å². The van der Waals surface area contributed by atoms with Gasteiger partial charge in [0.15, 0.2) is 11.5 Å². The number of aromatic nitrogens is 1. The summed E-state index contributed by atoms with van der Waals surface area (Å²) in [5, 5.41) is 17.0. The Hall–Kier alpha value is -2.15. The lowest BCUT2D eigenvalue weighted by Gasteiger charge is -2.16. The zero-order chi connectivity index (χ0) is 14.7. The Kier molecular flexibility index (Phi) is 4.19. The molecule has 0 fully saturated rings. The van der Waals surface area contributed by atoms with E-state index in [1.165, 1.54) is 17.4 Å². The molecule has 1 amide bonds. The number of carboxylic acid groups (broad SMARTS) is 1. The quantitative estimate of drug-likeness (QED) is 0.882. The molecule has 0 radical (unpaired) electrons. The molecule has 0 spiro atoms. The van der Waals surface area contributed by atoms with Crippen LogP contribution in [0.5, 0.6) is 0 Å². The van der Waals surface area contributed by atoms with E-state index in [4.69, 9.17) is 9.63 Å². The molecule has 0 unspecified atom stereocenters. The Morgan fingerprint density at radius 2 is 2.20 bits per heavy atom. The molecule has 2 aromatic heterocycles. The van der Waals surface area contributed by atoms with Crippen LogP contribution in [0.15, 0.2) is 28.1 Å². The van der Waals surface area contributed by atoms with Crippen molar-refractivity contribution in [2.75, 3.05) is 0 Å². The first-order valence-corrected chi connectivity index (χ1v) is 6.91. The molecule has 0 aliphatic rings. The van der Waals surface area contributed by atoms with E-state index >= 15 is 0 Å². The third-order valence-corrected chi connectivity index (χ3v) is 3.61. The van der Waals surface area contributed by atoms with Crippen molar-refractivity contribution in [3.63, 3.8) is 0 Å². The van der Waals surface area contributed by atoms with Crippen molar-refractivity contribution >= 4 is 23.2 Å². The van der Waals surface area contributed by atoms with Gasteiger partial charge in [-0.3, -0.25) is 4.79 Å². The van der Waals surface area contributed by atoms with Gasteiger partial charge in [-0.15, -0.1) is 11.3 Å². The molecule has 0 aromatic carbocycles. The fourth-order valence-corrected chi connectivity index (χ4v) is 2.32. The zero-order valence-electron chi connectivity index (χ0n) is 11.0. The van der Waals surface area contributed by atoms with Crippen LogP contribution < -0.4 is 5.32 Å².